The molecule has 0 aliphatic rings. The number of hydrogen-bond donors (Lipinski definition) is 1. The van der Waals surface area contributed by atoms with E-state index in [9.17, 15) is 18.0 Å². The number of carbonyl (C=O) groups is 2. The zero-order chi connectivity index (χ0) is 28.6. The van der Waals surface area contributed by atoms with Crippen LogP contribution in [0.2, 0.25) is 0 Å². The van der Waals surface area contributed by atoms with Crippen LogP contribution in [0, 0.1) is 6.92 Å². The van der Waals surface area contributed by atoms with E-state index in [-0.39, 0.29) is 29.1 Å². The van der Waals surface area contributed by atoms with Gasteiger partial charge in [0.25, 0.3) is 10.0 Å². The largest absolute Gasteiger partial charge is 0.495 e. The summed E-state index contributed by atoms with van der Waals surface area (Å²) in [5.41, 5.74) is 2.14. The molecule has 39 heavy (non-hydrogen) atoms. The number of amides is 2. The van der Waals surface area contributed by atoms with Crippen molar-refractivity contribution in [3.05, 3.63) is 90.0 Å². The molecule has 3 aromatic carbocycles. The first-order valence-corrected chi connectivity index (χ1v) is 14.3. The number of para-hydroxylation sites is 2. The lowest BCUT2D eigenvalue weighted by Gasteiger charge is -2.32. The van der Waals surface area contributed by atoms with E-state index < -0.39 is 28.5 Å². The summed E-state index contributed by atoms with van der Waals surface area (Å²) in [4.78, 5) is 28.4. The number of benzene rings is 3. The molecule has 1 atom stereocenters. The Bertz CT molecular complexity index is 1360. The van der Waals surface area contributed by atoms with Crippen LogP contribution in [-0.4, -0.2) is 57.4 Å². The minimum absolute atomic E-state index is 0.0493. The quantitative estimate of drug-likeness (QED) is 0.364. The molecule has 0 radical (unpaired) electrons. The van der Waals surface area contributed by atoms with Crippen molar-refractivity contribution in [3.8, 4) is 5.75 Å². The highest BCUT2D eigenvalue weighted by Crippen LogP contribution is 2.32. The third kappa shape index (κ3) is 7.60. The number of rotatable bonds is 12. The predicted octanol–water partition coefficient (Wildman–Crippen LogP) is 4.18. The maximum absolute atomic E-state index is 13.9. The van der Waals surface area contributed by atoms with Crippen molar-refractivity contribution < 1.29 is 22.7 Å². The SMILES string of the molecule is COc1ccccc1N(CC(=O)N(CCc1ccccc1)C(C)C(=O)NC(C)C)S(=O)(=O)c1ccc(C)cc1. The highest BCUT2D eigenvalue weighted by molar-refractivity contribution is 7.92. The molecule has 8 nitrogen and oxygen atoms in total. The number of methoxy groups -OCH3 is 1. The summed E-state index contributed by atoms with van der Waals surface area (Å²) >= 11 is 0. The van der Waals surface area contributed by atoms with Crippen LogP contribution in [-0.2, 0) is 26.0 Å². The monoisotopic (exact) mass is 551 g/mol. The molecule has 9 heteroatoms. The first kappa shape index (κ1) is 29.7. The van der Waals surface area contributed by atoms with Gasteiger partial charge in [0.2, 0.25) is 11.8 Å². The van der Waals surface area contributed by atoms with Gasteiger partial charge in [0.15, 0.2) is 0 Å². The molecule has 0 aliphatic carbocycles. The molecule has 0 aromatic heterocycles. The van der Waals surface area contributed by atoms with Crippen molar-refractivity contribution >= 4 is 27.5 Å². The topological polar surface area (TPSA) is 96.0 Å². The van der Waals surface area contributed by atoms with Gasteiger partial charge in [0.05, 0.1) is 17.7 Å². The number of nitrogens with zero attached hydrogens (tertiary/aromatic N) is 2. The van der Waals surface area contributed by atoms with Crippen LogP contribution in [0.15, 0.2) is 83.8 Å². The van der Waals surface area contributed by atoms with E-state index in [1.54, 1.807) is 43.3 Å². The van der Waals surface area contributed by atoms with Gasteiger partial charge in [-0.25, -0.2) is 8.42 Å². The molecule has 0 heterocycles. The van der Waals surface area contributed by atoms with Crippen LogP contribution in [0.1, 0.15) is 31.9 Å². The fourth-order valence-electron chi connectivity index (χ4n) is 4.16. The third-order valence-electron chi connectivity index (χ3n) is 6.32. The van der Waals surface area contributed by atoms with Crippen molar-refractivity contribution in [2.75, 3.05) is 24.5 Å². The molecule has 208 valence electrons. The van der Waals surface area contributed by atoms with Gasteiger partial charge >= 0.3 is 0 Å². The molecule has 0 fully saturated rings. The minimum atomic E-state index is -4.16. The first-order chi connectivity index (χ1) is 18.5. The van der Waals surface area contributed by atoms with E-state index in [1.165, 1.54) is 24.1 Å². The number of ether oxygens (including phenoxy) is 1. The van der Waals surface area contributed by atoms with Crippen LogP contribution >= 0.6 is 0 Å². The van der Waals surface area contributed by atoms with Crippen LogP contribution in [0.3, 0.4) is 0 Å². The lowest BCUT2D eigenvalue weighted by Crippen LogP contribution is -2.53. The van der Waals surface area contributed by atoms with Gasteiger partial charge in [0, 0.05) is 12.6 Å². The van der Waals surface area contributed by atoms with Gasteiger partial charge in [-0.05, 0) is 63.9 Å². The summed E-state index contributed by atoms with van der Waals surface area (Å²) in [6, 6.07) is 21.8. The zero-order valence-corrected chi connectivity index (χ0v) is 23.9. The van der Waals surface area contributed by atoms with E-state index in [1.807, 2.05) is 51.1 Å². The maximum Gasteiger partial charge on any atom is 0.264 e. The summed E-state index contributed by atoms with van der Waals surface area (Å²) in [5.74, 6) is -0.502. The van der Waals surface area contributed by atoms with Crippen LogP contribution < -0.4 is 14.4 Å². The summed E-state index contributed by atoms with van der Waals surface area (Å²) in [6.45, 7) is 6.94. The second-order valence-corrected chi connectivity index (χ2v) is 11.5. The Labute approximate surface area is 231 Å². The van der Waals surface area contributed by atoms with Crippen molar-refractivity contribution in [1.29, 1.82) is 0 Å². The molecule has 3 rings (SSSR count). The van der Waals surface area contributed by atoms with Crippen LogP contribution in [0.4, 0.5) is 5.69 Å². The first-order valence-electron chi connectivity index (χ1n) is 12.9. The van der Waals surface area contributed by atoms with Gasteiger partial charge in [0.1, 0.15) is 18.3 Å². The molecule has 3 aromatic rings. The highest BCUT2D eigenvalue weighted by Gasteiger charge is 2.33. The maximum atomic E-state index is 13.9. The summed E-state index contributed by atoms with van der Waals surface area (Å²) < 4.78 is 34.4. The predicted molar refractivity (Wildman–Crippen MR) is 153 cm³/mol. The Hall–Kier alpha value is -3.85. The van der Waals surface area contributed by atoms with E-state index in [0.717, 1.165) is 15.4 Å². The molecule has 1 N–H and O–H groups in total. The van der Waals surface area contributed by atoms with Crippen molar-refractivity contribution in [3.63, 3.8) is 0 Å². The molecule has 0 spiro atoms. The Balaban J connectivity index is 2.01. The lowest BCUT2D eigenvalue weighted by molar-refractivity contribution is -0.139. The van der Waals surface area contributed by atoms with Gasteiger partial charge < -0.3 is 15.0 Å². The zero-order valence-electron chi connectivity index (χ0n) is 23.1. The van der Waals surface area contributed by atoms with Crippen LogP contribution in [0.5, 0.6) is 5.75 Å². The van der Waals surface area contributed by atoms with Crippen molar-refractivity contribution in [2.45, 2.75) is 51.1 Å². The number of nitrogens with one attached hydrogen (secondary N) is 1. The molecule has 1 unspecified atom stereocenters. The standard InChI is InChI=1S/C30H37N3O5S/c1-22(2)31-30(35)24(4)32(20-19-25-11-7-6-8-12-25)29(34)21-33(27-13-9-10-14-28(27)38-5)39(36,37)26-17-15-23(3)16-18-26/h6-18,22,24H,19-21H2,1-5H3,(H,31,35). The second-order valence-electron chi connectivity index (χ2n) is 9.66. The molecular weight excluding hydrogens is 514 g/mol. The van der Waals surface area contributed by atoms with Gasteiger partial charge in [-0.15, -0.1) is 0 Å². The lowest BCUT2D eigenvalue weighted by atomic mass is 10.1. The Morgan fingerprint density at radius 2 is 1.51 bits per heavy atom. The van der Waals surface area contributed by atoms with E-state index >= 15 is 0 Å². The van der Waals surface area contributed by atoms with E-state index in [4.69, 9.17) is 4.74 Å². The fraction of sp³-hybridized carbons (Fsp3) is 0.333. The Morgan fingerprint density at radius 3 is 2.13 bits per heavy atom. The molecule has 0 bridgehead atoms. The average Bonchev–Trinajstić information content (AvgIpc) is 2.92. The number of anilines is 1. The molecule has 0 aliphatic heterocycles. The van der Waals surface area contributed by atoms with Gasteiger partial charge in [-0.1, -0.05) is 60.2 Å². The van der Waals surface area contributed by atoms with E-state index in [2.05, 4.69) is 5.32 Å². The number of aryl methyl sites for hydroxylation is 1. The summed E-state index contributed by atoms with van der Waals surface area (Å²) in [6.07, 6.45) is 0.505. The number of carbonyl (C=O) groups excluding carboxylic acids is 2. The average molecular weight is 552 g/mol. The smallest absolute Gasteiger partial charge is 0.264 e. The number of sulfonamides is 1. The fourth-order valence-corrected chi connectivity index (χ4v) is 5.59. The minimum Gasteiger partial charge on any atom is -0.495 e. The number of hydrogen-bond acceptors (Lipinski definition) is 5. The molecular formula is C30H37N3O5S. The second kappa shape index (κ2) is 13.3. The Morgan fingerprint density at radius 1 is 0.897 bits per heavy atom. The van der Waals surface area contributed by atoms with Crippen molar-refractivity contribution in [1.82, 2.24) is 10.2 Å². The van der Waals surface area contributed by atoms with Crippen molar-refractivity contribution in [2.24, 2.45) is 0 Å². The molecule has 2 amide bonds. The van der Waals surface area contributed by atoms with Gasteiger partial charge in [-0.3, -0.25) is 13.9 Å². The molecule has 0 saturated carbocycles. The van der Waals surface area contributed by atoms with E-state index in [0.29, 0.717) is 12.2 Å². The normalized spacial score (nSPS) is 12.1. The Kier molecular flexibility index (Phi) is 10.1. The van der Waals surface area contributed by atoms with Crippen LogP contribution in [0.25, 0.3) is 0 Å². The summed E-state index contributed by atoms with van der Waals surface area (Å²) in [7, 11) is -2.71. The highest BCUT2D eigenvalue weighted by atomic mass is 32.2. The summed E-state index contributed by atoms with van der Waals surface area (Å²) in [5, 5.41) is 2.86. The molecule has 0 saturated heterocycles. The third-order valence-corrected chi connectivity index (χ3v) is 8.10. The van der Waals surface area contributed by atoms with Gasteiger partial charge in [-0.2, -0.15) is 0 Å².